The van der Waals surface area contributed by atoms with Crippen LogP contribution in [-0.2, 0) is 6.42 Å². The third-order valence-electron chi connectivity index (χ3n) is 8.29. The summed E-state index contributed by atoms with van der Waals surface area (Å²) in [4.78, 5) is 25.2. The highest BCUT2D eigenvalue weighted by Crippen LogP contribution is 2.46. The highest BCUT2D eigenvalue weighted by Gasteiger charge is 2.39. The number of rotatable bonds is 6. The van der Waals surface area contributed by atoms with E-state index in [0.29, 0.717) is 18.4 Å². The molecule has 1 aromatic heterocycles. The fraction of sp³-hybridized carbons (Fsp3) is 0.448. The molecule has 0 spiro atoms. The Kier molecular flexibility index (Phi) is 6.05. The van der Waals surface area contributed by atoms with Crippen molar-refractivity contribution in [3.8, 4) is 11.1 Å². The van der Waals surface area contributed by atoms with Gasteiger partial charge in [0.1, 0.15) is 5.82 Å². The van der Waals surface area contributed by atoms with E-state index in [0.717, 1.165) is 72.7 Å². The number of hydrogen-bond acceptors (Lipinski definition) is 3. The lowest BCUT2D eigenvalue weighted by Crippen LogP contribution is -2.35. The van der Waals surface area contributed by atoms with Crippen LogP contribution in [0.5, 0.6) is 0 Å². The minimum atomic E-state index is -0.519. The van der Waals surface area contributed by atoms with Gasteiger partial charge in [-0.1, -0.05) is 51.3 Å². The molecule has 1 fully saturated rings. The second kappa shape index (κ2) is 9.01. The van der Waals surface area contributed by atoms with E-state index in [-0.39, 0.29) is 22.9 Å². The number of nitrogens with zero attached hydrogens (tertiary/aromatic N) is 1. The summed E-state index contributed by atoms with van der Waals surface area (Å²) in [6.45, 7) is 4.30. The monoisotopic (exact) mass is 460 g/mol. The first-order valence-corrected chi connectivity index (χ1v) is 12.7. The zero-order valence-electron chi connectivity index (χ0n) is 20.1. The quantitative estimate of drug-likeness (QED) is 0.390. The molecule has 2 aliphatic rings. The van der Waals surface area contributed by atoms with Crippen molar-refractivity contribution in [2.75, 3.05) is 5.32 Å². The second-order valence-electron chi connectivity index (χ2n) is 10.1. The summed E-state index contributed by atoms with van der Waals surface area (Å²) in [5, 5.41) is 4.43. The van der Waals surface area contributed by atoms with E-state index in [1.807, 2.05) is 34.9 Å². The lowest BCUT2D eigenvalue weighted by molar-refractivity contribution is 0.0769. The van der Waals surface area contributed by atoms with Crippen molar-refractivity contribution in [3.05, 3.63) is 53.5 Å². The number of para-hydroxylation sites is 1. The Balaban J connectivity index is 1.71. The highest BCUT2D eigenvalue weighted by atomic mass is 19.1. The molecule has 2 heterocycles. The first kappa shape index (κ1) is 22.8. The van der Waals surface area contributed by atoms with E-state index >= 15 is 4.39 Å². The van der Waals surface area contributed by atoms with Crippen molar-refractivity contribution in [2.24, 2.45) is 5.41 Å². The zero-order chi connectivity index (χ0) is 23.9. The van der Waals surface area contributed by atoms with Gasteiger partial charge in [-0.2, -0.15) is 0 Å². The molecular formula is C29H33FN2O2. The fourth-order valence-electron chi connectivity index (χ4n) is 6.10. The summed E-state index contributed by atoms with van der Waals surface area (Å²) in [6, 6.07) is 11.5. The van der Waals surface area contributed by atoms with Crippen molar-refractivity contribution in [3.63, 3.8) is 0 Å². The SMILES string of the molecule is CCC1(CC)CC(=O)n2c(c(-c3cc(F)c(C=O)c(NC4CCCCC4)c3)c3ccccc32)C1. The van der Waals surface area contributed by atoms with Crippen LogP contribution in [0.15, 0.2) is 36.4 Å². The Morgan fingerprint density at radius 1 is 1.09 bits per heavy atom. The van der Waals surface area contributed by atoms with Gasteiger partial charge >= 0.3 is 0 Å². The molecule has 1 aliphatic heterocycles. The number of anilines is 1. The zero-order valence-corrected chi connectivity index (χ0v) is 20.1. The van der Waals surface area contributed by atoms with E-state index < -0.39 is 5.82 Å². The van der Waals surface area contributed by atoms with E-state index in [9.17, 15) is 9.59 Å². The fourth-order valence-corrected chi connectivity index (χ4v) is 6.10. The third-order valence-corrected chi connectivity index (χ3v) is 8.29. The number of nitrogens with one attached hydrogen (secondary N) is 1. The lowest BCUT2D eigenvalue weighted by Gasteiger charge is -2.36. The molecule has 34 heavy (non-hydrogen) atoms. The molecule has 5 rings (SSSR count). The van der Waals surface area contributed by atoms with Crippen LogP contribution in [0.2, 0.25) is 0 Å². The molecule has 0 atom stereocenters. The van der Waals surface area contributed by atoms with Gasteiger partial charge in [-0.25, -0.2) is 4.39 Å². The number of halogens is 1. The van der Waals surface area contributed by atoms with Gasteiger partial charge in [-0.3, -0.25) is 14.2 Å². The maximum absolute atomic E-state index is 15.3. The number of aldehydes is 1. The summed E-state index contributed by atoms with van der Waals surface area (Å²) >= 11 is 0. The van der Waals surface area contributed by atoms with Gasteiger partial charge < -0.3 is 5.32 Å². The highest BCUT2D eigenvalue weighted by molar-refractivity contribution is 6.05. The van der Waals surface area contributed by atoms with E-state index in [1.54, 1.807) is 0 Å². The normalized spacial score (nSPS) is 18.1. The van der Waals surface area contributed by atoms with Gasteiger partial charge in [-0.05, 0) is 61.3 Å². The molecule has 2 aromatic carbocycles. The minimum Gasteiger partial charge on any atom is -0.382 e. The van der Waals surface area contributed by atoms with Crippen LogP contribution in [0.25, 0.3) is 22.0 Å². The number of hydrogen-bond donors (Lipinski definition) is 1. The van der Waals surface area contributed by atoms with Crippen LogP contribution in [0.3, 0.4) is 0 Å². The third kappa shape index (κ3) is 3.75. The van der Waals surface area contributed by atoms with Gasteiger partial charge in [0.15, 0.2) is 6.29 Å². The molecule has 5 heteroatoms. The largest absolute Gasteiger partial charge is 0.382 e. The van der Waals surface area contributed by atoms with Crippen LogP contribution < -0.4 is 5.32 Å². The Labute approximate surface area is 200 Å². The first-order chi connectivity index (χ1) is 16.5. The van der Waals surface area contributed by atoms with Gasteiger partial charge in [0.25, 0.3) is 0 Å². The molecule has 0 bridgehead atoms. The molecule has 4 nitrogen and oxygen atoms in total. The van der Waals surface area contributed by atoms with Crippen LogP contribution in [-0.4, -0.2) is 22.8 Å². The summed E-state index contributed by atoms with van der Waals surface area (Å²) < 4.78 is 17.2. The van der Waals surface area contributed by atoms with Crippen LogP contribution in [0, 0.1) is 11.2 Å². The molecule has 3 aromatic rings. The van der Waals surface area contributed by atoms with Gasteiger partial charge in [0.05, 0.1) is 11.1 Å². The van der Waals surface area contributed by atoms with Crippen molar-refractivity contribution < 1.29 is 14.0 Å². The molecule has 178 valence electrons. The molecule has 0 unspecified atom stereocenters. The average Bonchev–Trinajstić information content (AvgIpc) is 3.18. The smallest absolute Gasteiger partial charge is 0.231 e. The average molecular weight is 461 g/mol. The van der Waals surface area contributed by atoms with Crippen LogP contribution in [0.1, 0.15) is 86.1 Å². The molecule has 0 saturated heterocycles. The summed E-state index contributed by atoms with van der Waals surface area (Å²) in [5.74, 6) is -0.410. The molecular weight excluding hydrogens is 427 g/mol. The van der Waals surface area contributed by atoms with Crippen molar-refractivity contribution in [2.45, 2.75) is 77.7 Å². The van der Waals surface area contributed by atoms with E-state index in [1.165, 1.54) is 12.5 Å². The topological polar surface area (TPSA) is 51.1 Å². The lowest BCUT2D eigenvalue weighted by atomic mass is 9.72. The van der Waals surface area contributed by atoms with Crippen LogP contribution in [0.4, 0.5) is 10.1 Å². The predicted molar refractivity (Wildman–Crippen MR) is 135 cm³/mol. The van der Waals surface area contributed by atoms with Gasteiger partial charge in [0.2, 0.25) is 5.91 Å². The number of carbonyl (C=O) groups excluding carboxylic acids is 2. The van der Waals surface area contributed by atoms with Gasteiger partial charge in [0, 0.05) is 34.8 Å². The summed E-state index contributed by atoms with van der Waals surface area (Å²) in [6.07, 6.45) is 9.32. The molecule has 0 amide bonds. The number of carbonyl (C=O) groups is 2. The first-order valence-electron chi connectivity index (χ1n) is 12.7. The van der Waals surface area contributed by atoms with Gasteiger partial charge in [-0.15, -0.1) is 0 Å². The standard InChI is InChI=1S/C29H33FN2O2/c1-3-29(4-2)16-26-28(21-12-8-9-13-25(21)32(26)27(34)17-29)19-14-23(30)22(18-33)24(15-19)31-20-10-6-5-7-11-20/h8-9,12-15,18,20,31H,3-7,10-11,16-17H2,1-2H3. The Bertz CT molecular complexity index is 1250. The molecule has 1 saturated carbocycles. The number of fused-ring (bicyclic) bond motifs is 3. The van der Waals surface area contributed by atoms with Crippen molar-refractivity contribution in [1.29, 1.82) is 0 Å². The maximum atomic E-state index is 15.3. The Morgan fingerprint density at radius 2 is 1.82 bits per heavy atom. The molecule has 1 N–H and O–H groups in total. The van der Waals surface area contributed by atoms with Crippen LogP contribution >= 0.6 is 0 Å². The van der Waals surface area contributed by atoms with E-state index in [2.05, 4.69) is 19.2 Å². The molecule has 1 aliphatic carbocycles. The van der Waals surface area contributed by atoms with Crippen molar-refractivity contribution >= 4 is 28.8 Å². The second-order valence-corrected chi connectivity index (χ2v) is 10.1. The maximum Gasteiger partial charge on any atom is 0.231 e. The number of aromatic nitrogens is 1. The predicted octanol–water partition coefficient (Wildman–Crippen LogP) is 7.40. The molecule has 0 radical (unpaired) electrons. The Hall–Kier alpha value is -2.95. The summed E-state index contributed by atoms with van der Waals surface area (Å²) in [7, 11) is 0. The minimum absolute atomic E-state index is 0.0826. The number of benzene rings is 2. The Morgan fingerprint density at radius 3 is 2.53 bits per heavy atom. The van der Waals surface area contributed by atoms with E-state index in [4.69, 9.17) is 0 Å². The van der Waals surface area contributed by atoms with Crippen molar-refractivity contribution in [1.82, 2.24) is 4.57 Å². The summed E-state index contributed by atoms with van der Waals surface area (Å²) in [5.41, 5.74) is 4.03.